The Bertz CT molecular complexity index is 417. The molecule has 0 aliphatic carbocycles. The van der Waals surface area contributed by atoms with Crippen molar-refractivity contribution < 1.29 is 14.6 Å². The summed E-state index contributed by atoms with van der Waals surface area (Å²) in [6, 6.07) is 7.00. The summed E-state index contributed by atoms with van der Waals surface area (Å²) in [6.07, 6.45) is 1.80. The highest BCUT2D eigenvalue weighted by molar-refractivity contribution is 5.94. The van der Waals surface area contributed by atoms with Crippen molar-refractivity contribution in [2.24, 2.45) is 0 Å². The summed E-state index contributed by atoms with van der Waals surface area (Å²) in [5.41, 5.74) is 0.666. The first-order chi connectivity index (χ1) is 10.1. The van der Waals surface area contributed by atoms with Crippen molar-refractivity contribution in [1.29, 1.82) is 0 Å². The van der Waals surface area contributed by atoms with Gasteiger partial charge in [-0.15, -0.1) is 0 Å². The third-order valence-electron chi connectivity index (χ3n) is 3.45. The normalized spacial score (nSPS) is 12.4. The number of aliphatic hydroxyl groups excluding tert-OH is 1. The summed E-state index contributed by atoms with van der Waals surface area (Å²) in [4.78, 5) is 13.4. The van der Waals surface area contributed by atoms with Crippen molar-refractivity contribution in [2.45, 2.75) is 39.7 Å². The molecule has 0 aliphatic heterocycles. The van der Waals surface area contributed by atoms with Crippen LogP contribution in [0.3, 0.4) is 0 Å². The fourth-order valence-corrected chi connectivity index (χ4v) is 2.09. The molecule has 0 amide bonds. The quantitative estimate of drug-likeness (QED) is 0.674. The van der Waals surface area contributed by atoms with Crippen molar-refractivity contribution in [2.75, 3.05) is 26.2 Å². The number of carbonyl (C=O) groups excluding carboxylic acids is 1. The molecule has 4 nitrogen and oxygen atoms in total. The number of rotatable bonds is 10. The third kappa shape index (κ3) is 6.74. The van der Waals surface area contributed by atoms with Gasteiger partial charge in [-0.1, -0.05) is 20.3 Å². The molecule has 4 heteroatoms. The van der Waals surface area contributed by atoms with Crippen LogP contribution in [0, 0.1) is 0 Å². The number of likely N-dealkylation sites (N-methyl/N-ethyl adjacent to an activating group) is 1. The molecule has 0 radical (unpaired) electrons. The Morgan fingerprint density at radius 2 is 1.95 bits per heavy atom. The van der Waals surface area contributed by atoms with Crippen molar-refractivity contribution in [3.63, 3.8) is 0 Å². The SMILES string of the molecule is CCCCN(CC)C[C@@H](O)COc1ccc(C(C)=O)cc1. The summed E-state index contributed by atoms with van der Waals surface area (Å²) in [5, 5.41) is 10.0. The lowest BCUT2D eigenvalue weighted by molar-refractivity contribution is 0.0694. The Morgan fingerprint density at radius 1 is 1.29 bits per heavy atom. The van der Waals surface area contributed by atoms with Crippen LogP contribution >= 0.6 is 0 Å². The number of benzene rings is 1. The van der Waals surface area contributed by atoms with Gasteiger partial charge in [0.15, 0.2) is 5.78 Å². The summed E-state index contributed by atoms with van der Waals surface area (Å²) in [7, 11) is 0. The van der Waals surface area contributed by atoms with Gasteiger partial charge in [-0.25, -0.2) is 0 Å². The summed E-state index contributed by atoms with van der Waals surface area (Å²) >= 11 is 0. The van der Waals surface area contributed by atoms with Gasteiger partial charge in [-0.05, 0) is 50.7 Å². The maximum atomic E-state index is 11.2. The van der Waals surface area contributed by atoms with Crippen molar-refractivity contribution >= 4 is 5.78 Å². The highest BCUT2D eigenvalue weighted by Gasteiger charge is 2.11. The summed E-state index contributed by atoms with van der Waals surface area (Å²) in [5.74, 6) is 0.715. The second-order valence-electron chi connectivity index (χ2n) is 5.29. The van der Waals surface area contributed by atoms with Crippen LogP contribution < -0.4 is 4.74 Å². The Hall–Kier alpha value is -1.39. The van der Waals surface area contributed by atoms with E-state index in [1.54, 1.807) is 24.3 Å². The smallest absolute Gasteiger partial charge is 0.159 e. The number of hydrogen-bond donors (Lipinski definition) is 1. The summed E-state index contributed by atoms with van der Waals surface area (Å²) < 4.78 is 5.56. The van der Waals surface area contributed by atoms with E-state index < -0.39 is 6.10 Å². The predicted molar refractivity (Wildman–Crippen MR) is 85.0 cm³/mol. The van der Waals surface area contributed by atoms with E-state index in [1.807, 2.05) is 0 Å². The van der Waals surface area contributed by atoms with Gasteiger partial charge in [-0.3, -0.25) is 4.79 Å². The van der Waals surface area contributed by atoms with Crippen LogP contribution in [-0.4, -0.2) is 48.1 Å². The molecule has 0 spiro atoms. The number of hydrogen-bond acceptors (Lipinski definition) is 4. The van der Waals surface area contributed by atoms with Crippen molar-refractivity contribution in [3.05, 3.63) is 29.8 Å². The van der Waals surface area contributed by atoms with E-state index in [4.69, 9.17) is 4.74 Å². The van der Waals surface area contributed by atoms with Crippen LogP contribution in [0.2, 0.25) is 0 Å². The molecule has 0 heterocycles. The zero-order valence-electron chi connectivity index (χ0n) is 13.3. The molecular weight excluding hydrogens is 266 g/mol. The molecule has 1 rings (SSSR count). The van der Waals surface area contributed by atoms with E-state index in [0.29, 0.717) is 17.9 Å². The van der Waals surface area contributed by atoms with Crippen LogP contribution in [0.1, 0.15) is 44.0 Å². The van der Waals surface area contributed by atoms with Gasteiger partial charge in [0, 0.05) is 12.1 Å². The number of unbranched alkanes of at least 4 members (excludes halogenated alkanes) is 1. The molecule has 21 heavy (non-hydrogen) atoms. The predicted octanol–water partition coefficient (Wildman–Crippen LogP) is 2.75. The first kappa shape index (κ1) is 17.7. The number of nitrogens with zero attached hydrogens (tertiary/aromatic N) is 1. The zero-order chi connectivity index (χ0) is 15.7. The van der Waals surface area contributed by atoms with Gasteiger partial charge < -0.3 is 14.7 Å². The average Bonchev–Trinajstić information content (AvgIpc) is 2.49. The van der Waals surface area contributed by atoms with Gasteiger partial charge in [0.25, 0.3) is 0 Å². The lowest BCUT2D eigenvalue weighted by Crippen LogP contribution is -2.36. The lowest BCUT2D eigenvalue weighted by atomic mass is 10.1. The Balaban J connectivity index is 2.37. The lowest BCUT2D eigenvalue weighted by Gasteiger charge is -2.23. The molecule has 118 valence electrons. The zero-order valence-corrected chi connectivity index (χ0v) is 13.3. The van der Waals surface area contributed by atoms with E-state index in [9.17, 15) is 9.90 Å². The van der Waals surface area contributed by atoms with E-state index in [-0.39, 0.29) is 12.4 Å². The first-order valence-corrected chi connectivity index (χ1v) is 7.71. The molecular formula is C17H27NO3. The van der Waals surface area contributed by atoms with Gasteiger partial charge in [0.05, 0.1) is 0 Å². The maximum absolute atomic E-state index is 11.2. The Labute approximate surface area is 127 Å². The van der Waals surface area contributed by atoms with Crippen LogP contribution in [-0.2, 0) is 0 Å². The average molecular weight is 293 g/mol. The molecule has 1 aromatic carbocycles. The topological polar surface area (TPSA) is 49.8 Å². The number of ether oxygens (including phenoxy) is 1. The van der Waals surface area contributed by atoms with Crippen LogP contribution in [0.5, 0.6) is 5.75 Å². The van der Waals surface area contributed by atoms with Crippen molar-refractivity contribution in [3.8, 4) is 5.75 Å². The van der Waals surface area contributed by atoms with Crippen molar-refractivity contribution in [1.82, 2.24) is 4.90 Å². The number of ketones is 1. The largest absolute Gasteiger partial charge is 0.491 e. The molecule has 0 unspecified atom stereocenters. The van der Waals surface area contributed by atoms with E-state index in [2.05, 4.69) is 18.7 Å². The molecule has 0 bridgehead atoms. The number of Topliss-reactive ketones (excluding diaryl/α,β-unsaturated/α-hetero) is 1. The van der Waals surface area contributed by atoms with Gasteiger partial charge >= 0.3 is 0 Å². The molecule has 0 aliphatic rings. The standard InChI is InChI=1S/C17H27NO3/c1-4-6-11-18(5-2)12-16(20)13-21-17-9-7-15(8-10-17)14(3)19/h7-10,16,20H,4-6,11-13H2,1-3H3/t16-/m1/s1. The molecule has 0 aromatic heterocycles. The maximum Gasteiger partial charge on any atom is 0.159 e. The molecule has 1 aromatic rings. The van der Waals surface area contributed by atoms with Crippen LogP contribution in [0.15, 0.2) is 24.3 Å². The Morgan fingerprint density at radius 3 is 2.48 bits per heavy atom. The highest BCUT2D eigenvalue weighted by Crippen LogP contribution is 2.13. The van der Waals surface area contributed by atoms with Gasteiger partial charge in [0.2, 0.25) is 0 Å². The molecule has 0 fully saturated rings. The Kier molecular flexibility index (Phi) is 8.01. The number of carbonyl (C=O) groups is 1. The fourth-order valence-electron chi connectivity index (χ4n) is 2.09. The molecule has 0 saturated carbocycles. The minimum atomic E-state index is -0.505. The summed E-state index contributed by atoms with van der Waals surface area (Å²) in [6.45, 7) is 8.64. The highest BCUT2D eigenvalue weighted by atomic mass is 16.5. The monoisotopic (exact) mass is 293 g/mol. The van der Waals surface area contributed by atoms with E-state index in [0.717, 1.165) is 25.9 Å². The second-order valence-corrected chi connectivity index (χ2v) is 5.29. The molecule has 1 N–H and O–H groups in total. The third-order valence-corrected chi connectivity index (χ3v) is 3.45. The first-order valence-electron chi connectivity index (χ1n) is 7.71. The molecule has 1 atom stereocenters. The van der Waals surface area contributed by atoms with Crippen LogP contribution in [0.25, 0.3) is 0 Å². The van der Waals surface area contributed by atoms with Gasteiger partial charge in [0.1, 0.15) is 18.5 Å². The van der Waals surface area contributed by atoms with E-state index >= 15 is 0 Å². The van der Waals surface area contributed by atoms with Gasteiger partial charge in [-0.2, -0.15) is 0 Å². The van der Waals surface area contributed by atoms with Crippen LogP contribution in [0.4, 0.5) is 0 Å². The fraction of sp³-hybridized carbons (Fsp3) is 0.588. The second kappa shape index (κ2) is 9.53. The molecule has 0 saturated heterocycles. The van der Waals surface area contributed by atoms with E-state index in [1.165, 1.54) is 6.92 Å². The minimum Gasteiger partial charge on any atom is -0.491 e. The number of aliphatic hydroxyl groups is 1. The minimum absolute atomic E-state index is 0.0381.